The predicted octanol–water partition coefficient (Wildman–Crippen LogP) is 2.42. The second-order valence-corrected chi connectivity index (χ2v) is 7.11. The molecule has 2 aliphatic rings. The van der Waals surface area contributed by atoms with Gasteiger partial charge in [0.2, 0.25) is 0 Å². The van der Waals surface area contributed by atoms with E-state index < -0.39 is 5.60 Å². The van der Waals surface area contributed by atoms with Crippen LogP contribution in [-0.2, 0) is 11.2 Å². The van der Waals surface area contributed by atoms with E-state index in [0.717, 1.165) is 18.6 Å². The summed E-state index contributed by atoms with van der Waals surface area (Å²) in [5, 5.41) is 14.1. The summed E-state index contributed by atoms with van der Waals surface area (Å²) in [5.74, 6) is 1.10. The monoisotopic (exact) mass is 279 g/mol. The van der Waals surface area contributed by atoms with Crippen LogP contribution in [0.15, 0.2) is 16.7 Å². The first-order valence-corrected chi connectivity index (χ1v) is 7.57. The van der Waals surface area contributed by atoms with Crippen LogP contribution in [0.1, 0.15) is 50.5 Å². The summed E-state index contributed by atoms with van der Waals surface area (Å²) in [5.41, 5.74) is 0.880. The van der Waals surface area contributed by atoms with E-state index in [4.69, 9.17) is 9.15 Å². The highest BCUT2D eigenvalue weighted by molar-refractivity contribution is 5.26. The molecule has 1 fully saturated rings. The zero-order valence-corrected chi connectivity index (χ0v) is 12.4. The molecule has 1 aromatic heterocycles. The van der Waals surface area contributed by atoms with Crippen molar-refractivity contribution in [3.63, 3.8) is 0 Å². The van der Waals surface area contributed by atoms with Crippen molar-refractivity contribution in [3.05, 3.63) is 23.7 Å². The van der Waals surface area contributed by atoms with Gasteiger partial charge in [0.15, 0.2) is 0 Å². The summed E-state index contributed by atoms with van der Waals surface area (Å²) in [6.07, 6.45) is 5.28. The first-order chi connectivity index (χ1) is 9.48. The lowest BCUT2D eigenvalue weighted by Crippen LogP contribution is -2.47. The van der Waals surface area contributed by atoms with Gasteiger partial charge in [0.25, 0.3) is 0 Å². The Morgan fingerprint density at radius 2 is 2.10 bits per heavy atom. The Morgan fingerprint density at radius 1 is 1.35 bits per heavy atom. The maximum Gasteiger partial charge on any atom is 0.109 e. The van der Waals surface area contributed by atoms with Crippen LogP contribution in [0, 0.1) is 5.41 Å². The molecule has 1 aliphatic carbocycles. The minimum Gasteiger partial charge on any atom is -0.469 e. The number of rotatable bonds is 3. The van der Waals surface area contributed by atoms with Crippen molar-refractivity contribution < 1.29 is 14.3 Å². The molecule has 2 heterocycles. The lowest BCUT2D eigenvalue weighted by molar-refractivity contribution is -0.0635. The Balaban J connectivity index is 1.68. The van der Waals surface area contributed by atoms with E-state index in [-0.39, 0.29) is 11.5 Å². The Hall–Kier alpha value is -0.840. The molecule has 0 spiro atoms. The van der Waals surface area contributed by atoms with E-state index >= 15 is 0 Å². The Morgan fingerprint density at radius 3 is 2.85 bits per heavy atom. The number of furan rings is 1. The number of aliphatic hydroxyl groups is 1. The summed E-state index contributed by atoms with van der Waals surface area (Å²) in [6, 6.07) is 2.34. The minimum absolute atomic E-state index is 0.237. The molecule has 2 N–H and O–H groups in total. The molecule has 4 nitrogen and oxygen atoms in total. The standard InChI is InChI=1S/C16H25NO3/c1-15(2)9-13(12-3-6-20-14(12)10-15)17-11-16(18)4-7-19-8-5-16/h3,6,13,17-18H,4-5,7-11H2,1-2H3. The summed E-state index contributed by atoms with van der Waals surface area (Å²) >= 11 is 0. The van der Waals surface area contributed by atoms with E-state index in [9.17, 15) is 5.11 Å². The van der Waals surface area contributed by atoms with Crippen molar-refractivity contribution in [2.45, 2.75) is 51.2 Å². The normalized spacial score (nSPS) is 28.1. The van der Waals surface area contributed by atoms with E-state index in [1.54, 1.807) is 6.26 Å². The van der Waals surface area contributed by atoms with Crippen molar-refractivity contribution in [3.8, 4) is 0 Å². The molecule has 0 amide bonds. The Labute approximate surface area is 120 Å². The van der Waals surface area contributed by atoms with Gasteiger partial charge < -0.3 is 19.6 Å². The third kappa shape index (κ3) is 2.92. The molecule has 1 unspecified atom stereocenters. The van der Waals surface area contributed by atoms with Crippen LogP contribution in [0.3, 0.4) is 0 Å². The van der Waals surface area contributed by atoms with Gasteiger partial charge in [0.05, 0.1) is 11.9 Å². The van der Waals surface area contributed by atoms with Gasteiger partial charge in [-0.1, -0.05) is 13.8 Å². The van der Waals surface area contributed by atoms with Gasteiger partial charge in [-0.25, -0.2) is 0 Å². The average molecular weight is 279 g/mol. The van der Waals surface area contributed by atoms with Gasteiger partial charge in [-0.3, -0.25) is 0 Å². The highest BCUT2D eigenvalue weighted by atomic mass is 16.5. The molecule has 1 aromatic rings. The number of ether oxygens (including phenoxy) is 1. The van der Waals surface area contributed by atoms with Crippen LogP contribution in [0.5, 0.6) is 0 Å². The molecule has 0 saturated carbocycles. The maximum absolute atomic E-state index is 10.6. The molecule has 1 saturated heterocycles. The number of hydrogen-bond donors (Lipinski definition) is 2. The summed E-state index contributed by atoms with van der Waals surface area (Å²) in [6.45, 7) is 6.49. The van der Waals surface area contributed by atoms with E-state index in [1.165, 1.54) is 5.56 Å². The SMILES string of the molecule is CC1(C)Cc2occc2C(NCC2(O)CCOCC2)C1. The number of hydrogen-bond acceptors (Lipinski definition) is 4. The van der Waals surface area contributed by atoms with Gasteiger partial charge in [-0.05, 0) is 17.9 Å². The smallest absolute Gasteiger partial charge is 0.109 e. The zero-order valence-electron chi connectivity index (χ0n) is 12.4. The maximum atomic E-state index is 10.6. The molecule has 4 heteroatoms. The van der Waals surface area contributed by atoms with Crippen LogP contribution < -0.4 is 5.32 Å². The summed E-state index contributed by atoms with van der Waals surface area (Å²) in [4.78, 5) is 0. The molecular formula is C16H25NO3. The topological polar surface area (TPSA) is 54.6 Å². The summed E-state index contributed by atoms with van der Waals surface area (Å²) < 4.78 is 10.9. The first-order valence-electron chi connectivity index (χ1n) is 7.57. The third-order valence-electron chi connectivity index (χ3n) is 4.65. The van der Waals surface area contributed by atoms with Gasteiger partial charge in [-0.15, -0.1) is 0 Å². The second-order valence-electron chi connectivity index (χ2n) is 7.11. The van der Waals surface area contributed by atoms with Crippen LogP contribution in [-0.4, -0.2) is 30.5 Å². The molecule has 112 valence electrons. The van der Waals surface area contributed by atoms with Crippen molar-refractivity contribution in [2.75, 3.05) is 19.8 Å². The first kappa shape index (κ1) is 14.1. The van der Waals surface area contributed by atoms with Crippen molar-refractivity contribution >= 4 is 0 Å². The van der Waals surface area contributed by atoms with Crippen molar-refractivity contribution in [2.24, 2.45) is 5.41 Å². The number of nitrogens with one attached hydrogen (secondary N) is 1. The molecule has 0 aromatic carbocycles. The molecule has 3 rings (SSSR count). The van der Waals surface area contributed by atoms with E-state index in [1.807, 2.05) is 0 Å². The Bertz CT molecular complexity index is 460. The highest BCUT2D eigenvalue weighted by Crippen LogP contribution is 2.41. The van der Waals surface area contributed by atoms with Crippen LogP contribution in [0.2, 0.25) is 0 Å². The van der Waals surface area contributed by atoms with Crippen molar-refractivity contribution in [1.29, 1.82) is 0 Å². The van der Waals surface area contributed by atoms with Gasteiger partial charge in [0, 0.05) is 50.6 Å². The predicted molar refractivity (Wildman–Crippen MR) is 76.6 cm³/mol. The second kappa shape index (κ2) is 5.17. The molecule has 0 radical (unpaired) electrons. The Kier molecular flexibility index (Phi) is 3.65. The molecule has 1 aliphatic heterocycles. The van der Waals surface area contributed by atoms with Crippen LogP contribution >= 0.6 is 0 Å². The van der Waals surface area contributed by atoms with E-state index in [2.05, 4.69) is 25.2 Å². The number of fused-ring (bicyclic) bond motifs is 1. The van der Waals surface area contributed by atoms with Crippen LogP contribution in [0.25, 0.3) is 0 Å². The summed E-state index contributed by atoms with van der Waals surface area (Å²) in [7, 11) is 0. The molecule has 1 atom stereocenters. The zero-order chi connectivity index (χ0) is 14.2. The van der Waals surface area contributed by atoms with Crippen LogP contribution in [0.4, 0.5) is 0 Å². The van der Waals surface area contributed by atoms with Gasteiger partial charge in [0.1, 0.15) is 5.76 Å². The van der Waals surface area contributed by atoms with E-state index in [0.29, 0.717) is 32.6 Å². The fraction of sp³-hybridized carbons (Fsp3) is 0.750. The lowest BCUT2D eigenvalue weighted by atomic mass is 9.74. The van der Waals surface area contributed by atoms with Crippen molar-refractivity contribution in [1.82, 2.24) is 5.32 Å². The highest BCUT2D eigenvalue weighted by Gasteiger charge is 2.36. The fourth-order valence-electron chi connectivity index (χ4n) is 3.40. The average Bonchev–Trinajstić information content (AvgIpc) is 2.83. The molecular weight excluding hydrogens is 254 g/mol. The largest absolute Gasteiger partial charge is 0.469 e. The third-order valence-corrected chi connectivity index (χ3v) is 4.65. The fourth-order valence-corrected chi connectivity index (χ4v) is 3.40. The quantitative estimate of drug-likeness (QED) is 0.892. The lowest BCUT2D eigenvalue weighted by Gasteiger charge is -2.38. The van der Waals surface area contributed by atoms with Gasteiger partial charge >= 0.3 is 0 Å². The minimum atomic E-state index is -0.621. The van der Waals surface area contributed by atoms with Gasteiger partial charge in [-0.2, -0.15) is 0 Å². The molecule has 20 heavy (non-hydrogen) atoms. The molecule has 0 bridgehead atoms.